The largest absolute Gasteiger partial charge is 0.489 e. The molecule has 0 unspecified atom stereocenters. The Kier molecular flexibility index (Phi) is 4.48. The number of anilines is 1. The third-order valence-corrected chi connectivity index (χ3v) is 3.31. The molecular weight excluding hydrogens is 262 g/mol. The van der Waals surface area contributed by atoms with Gasteiger partial charge in [-0.3, -0.25) is 0 Å². The lowest BCUT2D eigenvalue weighted by molar-refractivity contribution is 0.297. The molecule has 4 nitrogen and oxygen atoms in total. The summed E-state index contributed by atoms with van der Waals surface area (Å²) in [5.41, 5.74) is 6.07. The maximum atomic E-state index is 6.01. The van der Waals surface area contributed by atoms with Gasteiger partial charge in [0.25, 0.3) is 0 Å². The second kappa shape index (κ2) is 6.14. The van der Waals surface area contributed by atoms with Crippen LogP contribution in [0.4, 0.5) is 5.82 Å². The molecule has 1 aromatic heterocycles. The Bertz CT molecular complexity index is 618. The van der Waals surface area contributed by atoms with Crippen LogP contribution in [0.1, 0.15) is 37.5 Å². The summed E-state index contributed by atoms with van der Waals surface area (Å²) < 4.78 is 6.01. The number of hydrogen-bond acceptors (Lipinski definition) is 4. The summed E-state index contributed by atoms with van der Waals surface area (Å²) in [6.07, 6.45) is 1.72. The van der Waals surface area contributed by atoms with Gasteiger partial charge in [0.2, 0.25) is 0 Å². The third kappa shape index (κ3) is 3.95. The zero-order valence-corrected chi connectivity index (χ0v) is 13.1. The van der Waals surface area contributed by atoms with Crippen molar-refractivity contribution in [3.63, 3.8) is 0 Å². The molecule has 0 atom stereocenters. The van der Waals surface area contributed by atoms with E-state index in [1.165, 1.54) is 11.1 Å². The van der Waals surface area contributed by atoms with Crippen LogP contribution in [0.3, 0.4) is 0 Å². The minimum atomic E-state index is 0.0452. The van der Waals surface area contributed by atoms with E-state index in [4.69, 9.17) is 10.6 Å². The monoisotopic (exact) mass is 285 g/mol. The number of nitrogens with two attached hydrogens (primary N) is 1. The summed E-state index contributed by atoms with van der Waals surface area (Å²) in [6.45, 7) is 9.16. The van der Waals surface area contributed by atoms with Crippen molar-refractivity contribution in [2.75, 3.05) is 5.43 Å². The molecule has 3 N–H and O–H groups in total. The molecule has 21 heavy (non-hydrogen) atoms. The van der Waals surface area contributed by atoms with Crippen LogP contribution in [-0.4, -0.2) is 4.98 Å². The number of hydrogen-bond donors (Lipinski definition) is 2. The molecule has 1 heterocycles. The normalized spacial score (nSPS) is 11.3. The topological polar surface area (TPSA) is 60.2 Å². The molecule has 0 bridgehead atoms. The van der Waals surface area contributed by atoms with E-state index in [-0.39, 0.29) is 5.41 Å². The van der Waals surface area contributed by atoms with Crippen molar-refractivity contribution in [2.24, 2.45) is 5.84 Å². The number of hydrazine groups is 1. The highest BCUT2D eigenvalue weighted by atomic mass is 16.5. The number of pyridine rings is 1. The Morgan fingerprint density at radius 2 is 1.95 bits per heavy atom. The van der Waals surface area contributed by atoms with Crippen molar-refractivity contribution in [3.05, 3.63) is 53.2 Å². The van der Waals surface area contributed by atoms with Crippen LogP contribution in [0.2, 0.25) is 0 Å². The van der Waals surface area contributed by atoms with Gasteiger partial charge >= 0.3 is 0 Å². The van der Waals surface area contributed by atoms with Gasteiger partial charge in [0.1, 0.15) is 18.2 Å². The smallest absolute Gasteiger partial charge is 0.140 e. The molecule has 0 radical (unpaired) electrons. The van der Waals surface area contributed by atoms with Crippen molar-refractivity contribution in [1.29, 1.82) is 0 Å². The van der Waals surface area contributed by atoms with E-state index in [0.717, 1.165) is 11.3 Å². The van der Waals surface area contributed by atoms with Gasteiger partial charge in [-0.2, -0.15) is 0 Å². The second-order valence-corrected chi connectivity index (χ2v) is 6.23. The molecule has 0 aliphatic carbocycles. The Balaban J connectivity index is 2.20. The maximum absolute atomic E-state index is 6.01. The Morgan fingerprint density at radius 1 is 1.19 bits per heavy atom. The molecule has 2 aromatic rings. The summed E-state index contributed by atoms with van der Waals surface area (Å²) in [7, 11) is 0. The van der Waals surface area contributed by atoms with Crippen molar-refractivity contribution < 1.29 is 4.74 Å². The van der Waals surface area contributed by atoms with E-state index in [0.29, 0.717) is 12.4 Å². The Hall–Kier alpha value is -2.07. The van der Waals surface area contributed by atoms with Crippen molar-refractivity contribution >= 4 is 5.82 Å². The van der Waals surface area contributed by atoms with Crippen LogP contribution in [0.15, 0.2) is 36.5 Å². The van der Waals surface area contributed by atoms with E-state index in [9.17, 15) is 0 Å². The number of aryl methyl sites for hydroxylation is 1. The highest BCUT2D eigenvalue weighted by molar-refractivity contribution is 5.42. The van der Waals surface area contributed by atoms with E-state index in [1.54, 1.807) is 6.20 Å². The van der Waals surface area contributed by atoms with Crippen LogP contribution in [0.5, 0.6) is 5.75 Å². The molecule has 0 spiro atoms. The molecule has 0 fully saturated rings. The van der Waals surface area contributed by atoms with Crippen LogP contribution in [0, 0.1) is 6.92 Å². The zero-order chi connectivity index (χ0) is 15.5. The van der Waals surface area contributed by atoms with Crippen LogP contribution in [0.25, 0.3) is 0 Å². The number of rotatable bonds is 4. The van der Waals surface area contributed by atoms with Gasteiger partial charge < -0.3 is 10.2 Å². The molecule has 4 heteroatoms. The second-order valence-electron chi connectivity index (χ2n) is 6.23. The van der Waals surface area contributed by atoms with Gasteiger partial charge in [0.15, 0.2) is 0 Å². The first-order valence-electron chi connectivity index (χ1n) is 7.05. The summed E-state index contributed by atoms with van der Waals surface area (Å²) in [5.74, 6) is 6.93. The minimum Gasteiger partial charge on any atom is -0.489 e. The fourth-order valence-corrected chi connectivity index (χ4v) is 2.16. The highest BCUT2D eigenvalue weighted by Gasteiger charge is 2.19. The fourth-order valence-electron chi connectivity index (χ4n) is 2.16. The molecular formula is C17H23N3O. The van der Waals surface area contributed by atoms with Crippen LogP contribution < -0.4 is 16.0 Å². The molecule has 0 aliphatic rings. The van der Waals surface area contributed by atoms with E-state index in [2.05, 4.69) is 50.2 Å². The quantitative estimate of drug-likeness (QED) is 0.666. The van der Waals surface area contributed by atoms with E-state index in [1.807, 2.05) is 18.2 Å². The third-order valence-electron chi connectivity index (χ3n) is 3.31. The summed E-state index contributed by atoms with van der Waals surface area (Å²) >= 11 is 0. The average molecular weight is 285 g/mol. The van der Waals surface area contributed by atoms with Crippen molar-refractivity contribution in [1.82, 2.24) is 4.98 Å². The first kappa shape index (κ1) is 15.3. The van der Waals surface area contributed by atoms with Crippen molar-refractivity contribution in [3.8, 4) is 5.75 Å². The number of nitrogens with zero attached hydrogens (tertiary/aromatic N) is 1. The lowest BCUT2D eigenvalue weighted by atomic mass is 9.85. The molecule has 0 amide bonds. The van der Waals surface area contributed by atoms with Gasteiger partial charge in [-0.05, 0) is 41.7 Å². The SMILES string of the molecule is Cc1ccc(OCc2ccnc(NN)c2)c(C(C)(C)C)c1. The number of aromatic nitrogens is 1. The average Bonchev–Trinajstić information content (AvgIpc) is 2.45. The Labute approximate surface area is 126 Å². The highest BCUT2D eigenvalue weighted by Crippen LogP contribution is 2.32. The van der Waals surface area contributed by atoms with Gasteiger partial charge in [-0.25, -0.2) is 10.8 Å². The zero-order valence-electron chi connectivity index (χ0n) is 13.1. The van der Waals surface area contributed by atoms with Gasteiger partial charge in [-0.1, -0.05) is 38.5 Å². The first-order chi connectivity index (χ1) is 9.90. The van der Waals surface area contributed by atoms with Crippen LogP contribution >= 0.6 is 0 Å². The fraction of sp³-hybridized carbons (Fsp3) is 0.353. The van der Waals surface area contributed by atoms with Gasteiger partial charge in [-0.15, -0.1) is 0 Å². The Morgan fingerprint density at radius 3 is 2.62 bits per heavy atom. The summed E-state index contributed by atoms with van der Waals surface area (Å²) in [6, 6.07) is 10.1. The van der Waals surface area contributed by atoms with Crippen LogP contribution in [-0.2, 0) is 12.0 Å². The lowest BCUT2D eigenvalue weighted by Gasteiger charge is -2.23. The molecule has 0 saturated carbocycles. The lowest BCUT2D eigenvalue weighted by Crippen LogP contribution is -2.14. The summed E-state index contributed by atoms with van der Waals surface area (Å²) in [5, 5.41) is 0. The van der Waals surface area contributed by atoms with E-state index < -0.39 is 0 Å². The maximum Gasteiger partial charge on any atom is 0.140 e. The van der Waals surface area contributed by atoms with Gasteiger partial charge in [0.05, 0.1) is 0 Å². The van der Waals surface area contributed by atoms with Crippen molar-refractivity contribution in [2.45, 2.75) is 39.7 Å². The predicted molar refractivity (Wildman–Crippen MR) is 86.3 cm³/mol. The van der Waals surface area contributed by atoms with E-state index >= 15 is 0 Å². The molecule has 0 saturated heterocycles. The minimum absolute atomic E-state index is 0.0452. The number of nitrogens with one attached hydrogen (secondary N) is 1. The molecule has 112 valence electrons. The first-order valence-corrected chi connectivity index (χ1v) is 7.05. The number of ether oxygens (including phenoxy) is 1. The molecule has 0 aliphatic heterocycles. The summed E-state index contributed by atoms with van der Waals surface area (Å²) in [4.78, 5) is 4.09. The molecule has 2 rings (SSSR count). The predicted octanol–water partition coefficient (Wildman–Crippen LogP) is 3.55. The number of nitrogen functional groups attached to an aromatic ring is 1. The number of benzene rings is 1. The standard InChI is InChI=1S/C17H23N3O/c1-12-5-6-15(14(9-12)17(2,3)4)21-11-13-7-8-19-16(10-13)20-18/h5-10H,11,18H2,1-4H3,(H,19,20). The van der Waals surface area contributed by atoms with Gasteiger partial charge in [0, 0.05) is 6.20 Å². The molecule has 1 aromatic carbocycles.